The quantitative estimate of drug-likeness (QED) is 0.831. The Kier molecular flexibility index (Phi) is 3.50. The molecule has 0 atom stereocenters. The number of fused-ring (bicyclic) bond motifs is 1. The molecule has 0 spiro atoms. The normalized spacial score (nSPS) is 11.3. The smallest absolute Gasteiger partial charge is 0.252 e. The summed E-state index contributed by atoms with van der Waals surface area (Å²) >= 11 is 0. The summed E-state index contributed by atoms with van der Waals surface area (Å²) in [6.45, 7) is 7.81. The highest BCUT2D eigenvalue weighted by Crippen LogP contribution is 2.07. The predicted octanol–water partition coefficient (Wildman–Crippen LogP) is 1.15. The molecule has 2 aromatic heterocycles. The summed E-state index contributed by atoms with van der Waals surface area (Å²) in [5.41, 5.74) is 1.86. The highest BCUT2D eigenvalue weighted by molar-refractivity contribution is 5.78. The van der Waals surface area contributed by atoms with Gasteiger partial charge >= 0.3 is 0 Å². The molecule has 0 aliphatic carbocycles. The Morgan fingerprint density at radius 2 is 2.05 bits per heavy atom. The van der Waals surface area contributed by atoms with E-state index in [-0.39, 0.29) is 18.4 Å². The van der Waals surface area contributed by atoms with Crippen molar-refractivity contribution in [3.63, 3.8) is 0 Å². The maximum absolute atomic E-state index is 12.0. The Bertz CT molecular complexity index is 617. The molecule has 0 radical (unpaired) electrons. The number of nitrogens with zero attached hydrogens (tertiary/aromatic N) is 5. The fourth-order valence-corrected chi connectivity index (χ4v) is 1.83. The first-order valence-electron chi connectivity index (χ1n) is 6.34. The summed E-state index contributed by atoms with van der Waals surface area (Å²) in [5.74, 6) is 1.08. The third-order valence-electron chi connectivity index (χ3n) is 3.14. The molecule has 19 heavy (non-hydrogen) atoms. The van der Waals surface area contributed by atoms with Crippen molar-refractivity contribution in [2.75, 3.05) is 7.05 Å². The Morgan fingerprint density at radius 1 is 1.37 bits per heavy atom. The first-order valence-corrected chi connectivity index (χ1v) is 6.34. The molecule has 0 saturated carbocycles. The minimum Gasteiger partial charge on any atom is -0.343 e. The van der Waals surface area contributed by atoms with Crippen LogP contribution in [0.5, 0.6) is 0 Å². The number of hydrogen-bond acceptors (Lipinski definition) is 4. The van der Waals surface area contributed by atoms with E-state index in [0.717, 1.165) is 11.4 Å². The number of hydrogen-bond donors (Lipinski definition) is 0. The molecule has 6 nitrogen and oxygen atoms in total. The van der Waals surface area contributed by atoms with Crippen molar-refractivity contribution in [1.82, 2.24) is 24.5 Å². The number of aromatic nitrogens is 4. The van der Waals surface area contributed by atoms with E-state index in [0.29, 0.717) is 11.6 Å². The molecule has 1 amide bonds. The zero-order valence-electron chi connectivity index (χ0n) is 12.0. The number of carbonyl (C=O) groups is 1. The standard InChI is InChI=1S/C13H19N5O/c1-8(2)17(5)12(19)7-11-15-13-14-9(3)6-10(4)18(13)16-11/h6,8H,7H2,1-5H3. The minimum absolute atomic E-state index is 0.0141. The highest BCUT2D eigenvalue weighted by atomic mass is 16.2. The largest absolute Gasteiger partial charge is 0.343 e. The van der Waals surface area contributed by atoms with Crippen LogP contribution in [0.15, 0.2) is 6.07 Å². The van der Waals surface area contributed by atoms with E-state index < -0.39 is 0 Å². The van der Waals surface area contributed by atoms with Gasteiger partial charge in [-0.25, -0.2) is 9.50 Å². The summed E-state index contributed by atoms with van der Waals surface area (Å²) < 4.78 is 1.67. The van der Waals surface area contributed by atoms with Gasteiger partial charge in [0.25, 0.3) is 5.78 Å². The van der Waals surface area contributed by atoms with Crippen LogP contribution in [0.1, 0.15) is 31.1 Å². The van der Waals surface area contributed by atoms with Crippen LogP contribution in [0, 0.1) is 13.8 Å². The van der Waals surface area contributed by atoms with Crippen molar-refractivity contribution in [3.8, 4) is 0 Å². The second kappa shape index (κ2) is 4.95. The van der Waals surface area contributed by atoms with Crippen LogP contribution in [-0.4, -0.2) is 43.5 Å². The third kappa shape index (κ3) is 2.72. The van der Waals surface area contributed by atoms with Crippen molar-refractivity contribution >= 4 is 11.7 Å². The molecule has 0 fully saturated rings. The van der Waals surface area contributed by atoms with E-state index in [1.54, 1.807) is 16.5 Å². The third-order valence-corrected chi connectivity index (χ3v) is 3.14. The molecule has 6 heteroatoms. The lowest BCUT2D eigenvalue weighted by Gasteiger charge is -2.20. The van der Waals surface area contributed by atoms with Crippen molar-refractivity contribution in [2.45, 2.75) is 40.2 Å². The number of likely N-dealkylation sites (N-methyl/N-ethyl adjacent to an activating group) is 1. The second-order valence-electron chi connectivity index (χ2n) is 5.05. The molecular formula is C13H19N5O. The first kappa shape index (κ1) is 13.5. The van der Waals surface area contributed by atoms with Crippen LogP contribution in [0.4, 0.5) is 0 Å². The van der Waals surface area contributed by atoms with E-state index in [1.807, 2.05) is 33.8 Å². The molecule has 2 rings (SSSR count). The van der Waals surface area contributed by atoms with E-state index in [2.05, 4.69) is 15.1 Å². The fourth-order valence-electron chi connectivity index (χ4n) is 1.83. The van der Waals surface area contributed by atoms with Crippen molar-refractivity contribution in [1.29, 1.82) is 0 Å². The molecule has 0 aromatic carbocycles. The summed E-state index contributed by atoms with van der Waals surface area (Å²) in [7, 11) is 1.79. The SMILES string of the molecule is Cc1cc(C)n2nc(CC(=O)N(C)C(C)C)nc2n1. The van der Waals surface area contributed by atoms with Crippen LogP contribution < -0.4 is 0 Å². The van der Waals surface area contributed by atoms with Crippen LogP contribution in [0.25, 0.3) is 5.78 Å². The van der Waals surface area contributed by atoms with Crippen LogP contribution in [-0.2, 0) is 11.2 Å². The molecule has 0 saturated heterocycles. The number of aryl methyl sites for hydroxylation is 2. The van der Waals surface area contributed by atoms with Gasteiger partial charge in [0.1, 0.15) is 0 Å². The highest BCUT2D eigenvalue weighted by Gasteiger charge is 2.16. The van der Waals surface area contributed by atoms with Gasteiger partial charge in [-0.2, -0.15) is 4.98 Å². The fraction of sp³-hybridized carbons (Fsp3) is 0.538. The van der Waals surface area contributed by atoms with E-state index in [1.165, 1.54) is 0 Å². The van der Waals surface area contributed by atoms with Crippen LogP contribution in [0.3, 0.4) is 0 Å². The van der Waals surface area contributed by atoms with Gasteiger partial charge in [0.15, 0.2) is 5.82 Å². The Labute approximate surface area is 112 Å². The minimum atomic E-state index is 0.0141. The molecule has 0 aliphatic rings. The summed E-state index contributed by atoms with van der Waals surface area (Å²) in [5, 5.41) is 4.33. The molecule has 102 valence electrons. The molecule has 0 bridgehead atoms. The zero-order chi connectivity index (χ0) is 14.2. The lowest BCUT2D eigenvalue weighted by molar-refractivity contribution is -0.130. The predicted molar refractivity (Wildman–Crippen MR) is 71.9 cm³/mol. The molecular weight excluding hydrogens is 242 g/mol. The molecule has 0 unspecified atom stereocenters. The summed E-state index contributed by atoms with van der Waals surface area (Å²) in [4.78, 5) is 22.3. The second-order valence-corrected chi connectivity index (χ2v) is 5.05. The van der Waals surface area contributed by atoms with Gasteiger partial charge in [0, 0.05) is 24.5 Å². The molecule has 0 aliphatic heterocycles. The Morgan fingerprint density at radius 3 is 2.68 bits per heavy atom. The Hall–Kier alpha value is -1.98. The van der Waals surface area contributed by atoms with Crippen molar-refractivity contribution in [3.05, 3.63) is 23.3 Å². The van der Waals surface area contributed by atoms with Gasteiger partial charge in [-0.15, -0.1) is 5.10 Å². The maximum atomic E-state index is 12.0. The van der Waals surface area contributed by atoms with Gasteiger partial charge in [0.2, 0.25) is 5.91 Å². The van der Waals surface area contributed by atoms with Gasteiger partial charge in [-0.1, -0.05) is 0 Å². The molecule has 2 aromatic rings. The maximum Gasteiger partial charge on any atom is 0.252 e. The number of carbonyl (C=O) groups excluding carboxylic acids is 1. The average Bonchev–Trinajstić information content (AvgIpc) is 2.70. The lowest BCUT2D eigenvalue weighted by Crippen LogP contribution is -2.34. The van der Waals surface area contributed by atoms with Gasteiger partial charge < -0.3 is 4.90 Å². The summed E-state index contributed by atoms with van der Waals surface area (Å²) in [6.07, 6.45) is 0.205. The Balaban J connectivity index is 2.27. The zero-order valence-corrected chi connectivity index (χ0v) is 12.0. The molecule has 2 heterocycles. The van der Waals surface area contributed by atoms with Gasteiger partial charge in [-0.3, -0.25) is 4.79 Å². The van der Waals surface area contributed by atoms with E-state index >= 15 is 0 Å². The van der Waals surface area contributed by atoms with E-state index in [4.69, 9.17) is 0 Å². The van der Waals surface area contributed by atoms with Gasteiger partial charge in [0.05, 0.1) is 6.42 Å². The topological polar surface area (TPSA) is 63.4 Å². The monoisotopic (exact) mass is 261 g/mol. The van der Waals surface area contributed by atoms with Crippen molar-refractivity contribution in [2.24, 2.45) is 0 Å². The van der Waals surface area contributed by atoms with E-state index in [9.17, 15) is 4.79 Å². The average molecular weight is 261 g/mol. The van der Waals surface area contributed by atoms with Crippen molar-refractivity contribution < 1.29 is 4.79 Å². The van der Waals surface area contributed by atoms with Gasteiger partial charge in [-0.05, 0) is 33.8 Å². The van der Waals surface area contributed by atoms with Crippen LogP contribution >= 0.6 is 0 Å². The lowest BCUT2D eigenvalue weighted by atomic mass is 10.3. The number of rotatable bonds is 3. The van der Waals surface area contributed by atoms with Crippen LogP contribution in [0.2, 0.25) is 0 Å². The summed E-state index contributed by atoms with van der Waals surface area (Å²) in [6, 6.07) is 2.11. The first-order chi connectivity index (χ1) is 8.88. The molecule has 0 N–H and O–H groups in total. The number of amides is 1.